The van der Waals surface area contributed by atoms with Crippen molar-refractivity contribution in [3.63, 3.8) is 0 Å². The first-order chi connectivity index (χ1) is 4.75. The van der Waals surface area contributed by atoms with E-state index in [0.717, 1.165) is 25.9 Å². The number of likely N-dealkylation sites (N-methyl/N-ethyl adjacent to an activating group) is 1. The average Bonchev–Trinajstić information content (AvgIpc) is 2.10. The van der Waals surface area contributed by atoms with E-state index in [-0.39, 0.29) is 5.54 Å². The summed E-state index contributed by atoms with van der Waals surface area (Å²) in [6, 6.07) is 0. The van der Waals surface area contributed by atoms with Gasteiger partial charge in [0.2, 0.25) is 5.91 Å². The van der Waals surface area contributed by atoms with Crippen LogP contribution in [-0.4, -0.2) is 36.5 Å². The molecule has 2 aliphatic rings. The zero-order valence-electron chi connectivity index (χ0n) is 6.18. The van der Waals surface area contributed by atoms with Gasteiger partial charge in [0.25, 0.3) is 0 Å². The van der Waals surface area contributed by atoms with Gasteiger partial charge < -0.3 is 10.2 Å². The quantitative estimate of drug-likeness (QED) is 0.495. The monoisotopic (exact) mass is 140 g/mol. The van der Waals surface area contributed by atoms with Crippen LogP contribution in [0.1, 0.15) is 12.8 Å². The van der Waals surface area contributed by atoms with Gasteiger partial charge in [0, 0.05) is 26.6 Å². The van der Waals surface area contributed by atoms with Gasteiger partial charge >= 0.3 is 0 Å². The number of hydrogen-bond donors (Lipinski definition) is 1. The molecule has 2 heterocycles. The van der Waals surface area contributed by atoms with Gasteiger partial charge in [-0.2, -0.15) is 0 Å². The maximum absolute atomic E-state index is 11.1. The van der Waals surface area contributed by atoms with Crippen molar-refractivity contribution >= 4 is 5.91 Å². The molecule has 1 spiro atoms. The number of carbonyl (C=O) groups is 1. The van der Waals surface area contributed by atoms with E-state index in [1.165, 1.54) is 0 Å². The summed E-state index contributed by atoms with van der Waals surface area (Å²) in [4.78, 5) is 13.0. The molecular formula is C7H12N2O. The van der Waals surface area contributed by atoms with Crippen molar-refractivity contribution < 1.29 is 4.79 Å². The molecule has 2 saturated heterocycles. The predicted molar refractivity (Wildman–Crippen MR) is 37.6 cm³/mol. The molecule has 10 heavy (non-hydrogen) atoms. The zero-order chi connectivity index (χ0) is 7.19. The highest BCUT2D eigenvalue weighted by molar-refractivity contribution is 5.79. The van der Waals surface area contributed by atoms with Gasteiger partial charge in [0.15, 0.2) is 0 Å². The van der Waals surface area contributed by atoms with Gasteiger partial charge in [0.05, 0.1) is 5.54 Å². The molecule has 0 radical (unpaired) electrons. The minimum Gasteiger partial charge on any atom is -0.338 e. The molecule has 0 saturated carbocycles. The van der Waals surface area contributed by atoms with Crippen LogP contribution in [0.5, 0.6) is 0 Å². The molecule has 0 atom stereocenters. The lowest BCUT2D eigenvalue weighted by Crippen LogP contribution is -2.65. The summed E-state index contributed by atoms with van der Waals surface area (Å²) in [5, 5.41) is 3.20. The largest absolute Gasteiger partial charge is 0.338 e. The molecule has 0 aromatic carbocycles. The van der Waals surface area contributed by atoms with Crippen molar-refractivity contribution in [1.29, 1.82) is 0 Å². The lowest BCUT2D eigenvalue weighted by atomic mass is 9.90. The molecule has 0 aromatic heterocycles. The molecular weight excluding hydrogens is 128 g/mol. The fraction of sp³-hybridized carbons (Fsp3) is 0.857. The molecule has 3 nitrogen and oxygen atoms in total. The SMILES string of the molecule is CN1C(=O)CCC12CNC2. The Hall–Kier alpha value is -0.570. The lowest BCUT2D eigenvalue weighted by molar-refractivity contribution is -0.130. The number of nitrogens with one attached hydrogen (secondary N) is 1. The van der Waals surface area contributed by atoms with E-state index in [4.69, 9.17) is 0 Å². The highest BCUT2D eigenvalue weighted by Crippen LogP contribution is 2.31. The Kier molecular flexibility index (Phi) is 1.06. The molecule has 2 fully saturated rings. The third-order valence-corrected chi connectivity index (χ3v) is 2.80. The molecule has 2 aliphatic heterocycles. The van der Waals surface area contributed by atoms with Crippen LogP contribution in [0.3, 0.4) is 0 Å². The second-order valence-electron chi connectivity index (χ2n) is 3.28. The number of likely N-dealkylation sites (tertiary alicyclic amines) is 1. The van der Waals surface area contributed by atoms with Gasteiger partial charge in [-0.15, -0.1) is 0 Å². The van der Waals surface area contributed by atoms with E-state index in [1.807, 2.05) is 11.9 Å². The summed E-state index contributed by atoms with van der Waals surface area (Å²) in [5.41, 5.74) is 0.219. The summed E-state index contributed by atoms with van der Waals surface area (Å²) in [6.45, 7) is 1.99. The summed E-state index contributed by atoms with van der Waals surface area (Å²) >= 11 is 0. The van der Waals surface area contributed by atoms with Crippen molar-refractivity contribution in [3.05, 3.63) is 0 Å². The van der Waals surface area contributed by atoms with Crippen LogP contribution in [0.25, 0.3) is 0 Å². The molecule has 3 heteroatoms. The van der Waals surface area contributed by atoms with Gasteiger partial charge in [0.1, 0.15) is 0 Å². The molecule has 0 aliphatic carbocycles. The summed E-state index contributed by atoms with van der Waals surface area (Å²) in [7, 11) is 1.91. The maximum atomic E-state index is 11.1. The molecule has 1 N–H and O–H groups in total. The normalized spacial score (nSPS) is 29.3. The molecule has 56 valence electrons. The fourth-order valence-corrected chi connectivity index (χ4v) is 1.77. The van der Waals surface area contributed by atoms with Crippen molar-refractivity contribution in [2.24, 2.45) is 0 Å². The number of amides is 1. The number of rotatable bonds is 0. The molecule has 0 unspecified atom stereocenters. The summed E-state index contributed by atoms with van der Waals surface area (Å²) in [6.07, 6.45) is 1.80. The third kappa shape index (κ3) is 0.560. The van der Waals surface area contributed by atoms with Gasteiger partial charge in [-0.25, -0.2) is 0 Å². The van der Waals surface area contributed by atoms with Gasteiger partial charge in [-0.1, -0.05) is 0 Å². The van der Waals surface area contributed by atoms with Crippen LogP contribution in [-0.2, 0) is 4.79 Å². The highest BCUT2D eigenvalue weighted by atomic mass is 16.2. The van der Waals surface area contributed by atoms with Crippen LogP contribution in [0.2, 0.25) is 0 Å². The number of hydrogen-bond acceptors (Lipinski definition) is 2. The maximum Gasteiger partial charge on any atom is 0.222 e. The van der Waals surface area contributed by atoms with Gasteiger partial charge in [-0.05, 0) is 6.42 Å². The molecule has 2 rings (SSSR count). The smallest absolute Gasteiger partial charge is 0.222 e. The molecule has 0 bridgehead atoms. The van der Waals surface area contributed by atoms with Gasteiger partial charge in [-0.3, -0.25) is 4.79 Å². The van der Waals surface area contributed by atoms with E-state index in [9.17, 15) is 4.79 Å². The fourth-order valence-electron chi connectivity index (χ4n) is 1.77. The minimum absolute atomic E-state index is 0.219. The Morgan fingerprint density at radius 2 is 2.30 bits per heavy atom. The Labute approximate surface area is 60.4 Å². The van der Waals surface area contributed by atoms with Crippen LogP contribution in [0.4, 0.5) is 0 Å². The standard InChI is InChI=1S/C7H12N2O/c1-9-6(10)2-3-7(9)4-8-5-7/h8H,2-5H2,1H3. The van der Waals surface area contributed by atoms with Crippen LogP contribution in [0, 0.1) is 0 Å². The van der Waals surface area contributed by atoms with Crippen molar-refractivity contribution in [2.45, 2.75) is 18.4 Å². The van der Waals surface area contributed by atoms with Crippen LogP contribution in [0.15, 0.2) is 0 Å². The first-order valence-corrected chi connectivity index (χ1v) is 3.72. The van der Waals surface area contributed by atoms with Crippen LogP contribution >= 0.6 is 0 Å². The Balaban J connectivity index is 2.17. The highest BCUT2D eigenvalue weighted by Gasteiger charge is 2.47. The second-order valence-corrected chi connectivity index (χ2v) is 3.28. The van der Waals surface area contributed by atoms with Crippen molar-refractivity contribution in [3.8, 4) is 0 Å². The van der Waals surface area contributed by atoms with E-state index < -0.39 is 0 Å². The van der Waals surface area contributed by atoms with E-state index in [2.05, 4.69) is 5.32 Å². The van der Waals surface area contributed by atoms with Crippen molar-refractivity contribution in [1.82, 2.24) is 10.2 Å². The predicted octanol–water partition coefficient (Wildman–Crippen LogP) is -0.419. The minimum atomic E-state index is 0.219. The average molecular weight is 140 g/mol. The second kappa shape index (κ2) is 1.72. The Bertz CT molecular complexity index is 174. The molecule has 1 amide bonds. The first-order valence-electron chi connectivity index (χ1n) is 3.72. The summed E-state index contributed by atoms with van der Waals surface area (Å²) in [5.74, 6) is 0.307. The van der Waals surface area contributed by atoms with Crippen LogP contribution < -0.4 is 5.32 Å². The van der Waals surface area contributed by atoms with E-state index in [1.54, 1.807) is 0 Å². The lowest BCUT2D eigenvalue weighted by Gasteiger charge is -2.44. The summed E-state index contributed by atoms with van der Waals surface area (Å²) < 4.78 is 0. The first kappa shape index (κ1) is 6.16. The third-order valence-electron chi connectivity index (χ3n) is 2.80. The zero-order valence-corrected chi connectivity index (χ0v) is 6.18. The topological polar surface area (TPSA) is 32.3 Å². The van der Waals surface area contributed by atoms with E-state index >= 15 is 0 Å². The molecule has 0 aromatic rings. The Morgan fingerprint density at radius 3 is 2.50 bits per heavy atom. The van der Waals surface area contributed by atoms with Crippen molar-refractivity contribution in [2.75, 3.05) is 20.1 Å². The number of carbonyl (C=O) groups excluding carboxylic acids is 1. The Morgan fingerprint density at radius 1 is 1.60 bits per heavy atom. The number of nitrogens with zero attached hydrogens (tertiary/aromatic N) is 1. The van der Waals surface area contributed by atoms with E-state index in [0.29, 0.717) is 5.91 Å².